The summed E-state index contributed by atoms with van der Waals surface area (Å²) >= 11 is 0. The van der Waals surface area contributed by atoms with Gasteiger partial charge in [0.2, 0.25) is 11.8 Å². The van der Waals surface area contributed by atoms with E-state index in [1.54, 1.807) is 12.1 Å². The number of aryl methyl sites for hydroxylation is 1. The summed E-state index contributed by atoms with van der Waals surface area (Å²) in [6.07, 6.45) is 0.896. The van der Waals surface area contributed by atoms with Gasteiger partial charge in [-0.1, -0.05) is 11.2 Å². The molecule has 1 N–H and O–H groups in total. The van der Waals surface area contributed by atoms with E-state index < -0.39 is 5.82 Å². The van der Waals surface area contributed by atoms with Crippen molar-refractivity contribution in [1.82, 2.24) is 15.5 Å². The standard InChI is InChI=1S/C17H21FN4O2/c1-10-4-5-14(13(18)6-10)22-9-12(8-16(22)23)17-20-15(21-24-17)7-11(2)19-3/h4-6,11-12,19H,7-9H2,1-3H3. The Kier molecular flexibility index (Phi) is 4.62. The van der Waals surface area contributed by atoms with Gasteiger partial charge in [-0.25, -0.2) is 4.39 Å². The molecule has 1 aliphatic heterocycles. The van der Waals surface area contributed by atoms with Crippen molar-refractivity contribution < 1.29 is 13.7 Å². The number of likely N-dealkylation sites (N-methyl/N-ethyl adjacent to an activating group) is 1. The molecule has 1 saturated heterocycles. The predicted molar refractivity (Wildman–Crippen MR) is 87.4 cm³/mol. The first-order valence-corrected chi connectivity index (χ1v) is 8.04. The zero-order valence-corrected chi connectivity index (χ0v) is 14.0. The van der Waals surface area contributed by atoms with Crippen LogP contribution in [0.4, 0.5) is 10.1 Å². The largest absolute Gasteiger partial charge is 0.339 e. The first-order chi connectivity index (χ1) is 11.5. The second-order valence-electron chi connectivity index (χ2n) is 6.30. The van der Waals surface area contributed by atoms with Crippen LogP contribution >= 0.6 is 0 Å². The summed E-state index contributed by atoms with van der Waals surface area (Å²) in [5.74, 6) is 0.324. The minimum Gasteiger partial charge on any atom is -0.339 e. The van der Waals surface area contributed by atoms with E-state index in [4.69, 9.17) is 4.52 Å². The lowest BCUT2D eigenvalue weighted by molar-refractivity contribution is -0.117. The van der Waals surface area contributed by atoms with Crippen LogP contribution in [-0.4, -0.2) is 35.7 Å². The number of carbonyl (C=O) groups is 1. The van der Waals surface area contributed by atoms with E-state index >= 15 is 0 Å². The molecular formula is C17H21FN4O2. The molecule has 2 aromatic rings. The van der Waals surface area contributed by atoms with Gasteiger partial charge in [-0.2, -0.15) is 4.98 Å². The third kappa shape index (κ3) is 3.31. The molecule has 0 radical (unpaired) electrons. The Morgan fingerprint density at radius 2 is 2.29 bits per heavy atom. The zero-order valence-electron chi connectivity index (χ0n) is 14.0. The van der Waals surface area contributed by atoms with Crippen molar-refractivity contribution in [2.24, 2.45) is 0 Å². The molecule has 2 heterocycles. The Morgan fingerprint density at radius 1 is 1.50 bits per heavy atom. The van der Waals surface area contributed by atoms with E-state index in [1.807, 2.05) is 20.9 Å². The van der Waals surface area contributed by atoms with Gasteiger partial charge in [-0.3, -0.25) is 4.79 Å². The molecule has 0 aliphatic carbocycles. The number of carbonyl (C=O) groups excluding carboxylic acids is 1. The minimum absolute atomic E-state index is 0.133. The van der Waals surface area contributed by atoms with Crippen LogP contribution in [0, 0.1) is 12.7 Å². The first kappa shape index (κ1) is 16.6. The third-order valence-electron chi connectivity index (χ3n) is 4.33. The number of halogens is 1. The quantitative estimate of drug-likeness (QED) is 0.909. The number of anilines is 1. The summed E-state index contributed by atoms with van der Waals surface area (Å²) in [7, 11) is 1.87. The number of aromatic nitrogens is 2. The number of amides is 1. The molecule has 3 rings (SSSR count). The average Bonchev–Trinajstić information content (AvgIpc) is 3.14. The van der Waals surface area contributed by atoms with Crippen molar-refractivity contribution >= 4 is 11.6 Å². The van der Waals surface area contributed by atoms with E-state index in [2.05, 4.69) is 15.5 Å². The summed E-state index contributed by atoms with van der Waals surface area (Å²) in [5.41, 5.74) is 1.12. The Morgan fingerprint density at radius 3 is 3.00 bits per heavy atom. The maximum absolute atomic E-state index is 14.1. The summed E-state index contributed by atoms with van der Waals surface area (Å²) < 4.78 is 19.5. The lowest BCUT2D eigenvalue weighted by Gasteiger charge is -2.17. The SMILES string of the molecule is CNC(C)Cc1noc(C2CC(=O)N(c3ccc(C)cc3F)C2)n1. The number of nitrogens with one attached hydrogen (secondary N) is 1. The highest BCUT2D eigenvalue weighted by molar-refractivity contribution is 5.96. The number of benzene rings is 1. The first-order valence-electron chi connectivity index (χ1n) is 8.04. The van der Waals surface area contributed by atoms with E-state index in [0.29, 0.717) is 30.4 Å². The molecule has 24 heavy (non-hydrogen) atoms. The lowest BCUT2D eigenvalue weighted by atomic mass is 10.1. The summed E-state index contributed by atoms with van der Waals surface area (Å²) in [5, 5.41) is 7.08. The molecule has 1 aromatic heterocycles. The van der Waals surface area contributed by atoms with Gasteiger partial charge < -0.3 is 14.7 Å². The van der Waals surface area contributed by atoms with E-state index in [-0.39, 0.29) is 24.3 Å². The Labute approximate surface area is 140 Å². The molecule has 128 valence electrons. The van der Waals surface area contributed by atoms with Crippen LogP contribution in [0.25, 0.3) is 0 Å². The predicted octanol–water partition coefficient (Wildman–Crippen LogP) is 2.19. The topological polar surface area (TPSA) is 71.3 Å². The second kappa shape index (κ2) is 6.68. The van der Waals surface area contributed by atoms with E-state index in [9.17, 15) is 9.18 Å². The summed E-state index contributed by atoms with van der Waals surface area (Å²) in [4.78, 5) is 18.1. The molecule has 2 unspecified atom stereocenters. The lowest BCUT2D eigenvalue weighted by Crippen LogP contribution is -2.25. The molecule has 1 amide bonds. The monoisotopic (exact) mass is 332 g/mol. The number of hydrogen-bond donors (Lipinski definition) is 1. The fourth-order valence-electron chi connectivity index (χ4n) is 2.83. The van der Waals surface area contributed by atoms with Crippen molar-refractivity contribution in [1.29, 1.82) is 0 Å². The van der Waals surface area contributed by atoms with Gasteiger partial charge >= 0.3 is 0 Å². The van der Waals surface area contributed by atoms with Gasteiger partial charge in [-0.05, 0) is 38.6 Å². The van der Waals surface area contributed by atoms with Crippen molar-refractivity contribution in [2.75, 3.05) is 18.5 Å². The molecule has 0 saturated carbocycles. The minimum atomic E-state index is -0.391. The summed E-state index contributed by atoms with van der Waals surface area (Å²) in [6.45, 7) is 4.19. The smallest absolute Gasteiger partial charge is 0.232 e. The molecule has 1 aliphatic rings. The van der Waals surface area contributed by atoms with Gasteiger partial charge in [0.15, 0.2) is 5.82 Å². The van der Waals surface area contributed by atoms with Crippen LogP contribution in [0.5, 0.6) is 0 Å². The number of nitrogens with zero attached hydrogens (tertiary/aromatic N) is 3. The zero-order chi connectivity index (χ0) is 17.3. The van der Waals surface area contributed by atoms with E-state index in [0.717, 1.165) is 5.56 Å². The van der Waals surface area contributed by atoms with Crippen molar-refractivity contribution in [2.45, 2.75) is 38.6 Å². The van der Waals surface area contributed by atoms with Gasteiger partial charge in [0.25, 0.3) is 0 Å². The Bertz CT molecular complexity index is 746. The molecule has 0 bridgehead atoms. The molecule has 7 heteroatoms. The van der Waals surface area contributed by atoms with Crippen LogP contribution in [0.3, 0.4) is 0 Å². The maximum atomic E-state index is 14.1. The maximum Gasteiger partial charge on any atom is 0.232 e. The molecule has 2 atom stereocenters. The Hall–Kier alpha value is -2.28. The Balaban J connectivity index is 1.75. The fraction of sp³-hybridized carbons (Fsp3) is 0.471. The van der Waals surface area contributed by atoms with Gasteiger partial charge in [0.1, 0.15) is 5.82 Å². The second-order valence-corrected chi connectivity index (χ2v) is 6.30. The normalized spacial score (nSPS) is 19.1. The van der Waals surface area contributed by atoms with E-state index in [1.165, 1.54) is 11.0 Å². The van der Waals surface area contributed by atoms with Crippen molar-refractivity contribution in [3.8, 4) is 0 Å². The van der Waals surface area contributed by atoms with Crippen molar-refractivity contribution in [3.05, 3.63) is 41.3 Å². The van der Waals surface area contributed by atoms with Crippen molar-refractivity contribution in [3.63, 3.8) is 0 Å². The highest BCUT2D eigenvalue weighted by atomic mass is 19.1. The van der Waals surface area contributed by atoms with Gasteiger partial charge in [0, 0.05) is 25.4 Å². The highest BCUT2D eigenvalue weighted by Gasteiger charge is 2.36. The number of hydrogen-bond acceptors (Lipinski definition) is 5. The van der Waals surface area contributed by atoms with Crippen LogP contribution in [0.2, 0.25) is 0 Å². The van der Waals surface area contributed by atoms with Crippen LogP contribution in [0.15, 0.2) is 22.7 Å². The average molecular weight is 332 g/mol. The molecule has 1 aromatic carbocycles. The molecule has 1 fully saturated rings. The fourth-order valence-corrected chi connectivity index (χ4v) is 2.83. The van der Waals surface area contributed by atoms with Crippen LogP contribution in [0.1, 0.15) is 36.5 Å². The van der Waals surface area contributed by atoms with Gasteiger partial charge in [-0.15, -0.1) is 0 Å². The molecular weight excluding hydrogens is 311 g/mol. The third-order valence-corrected chi connectivity index (χ3v) is 4.33. The summed E-state index contributed by atoms with van der Waals surface area (Å²) in [6, 6.07) is 5.10. The highest BCUT2D eigenvalue weighted by Crippen LogP contribution is 2.32. The molecule has 0 spiro atoms. The van der Waals surface area contributed by atoms with Gasteiger partial charge in [0.05, 0.1) is 11.6 Å². The van der Waals surface area contributed by atoms with Crippen LogP contribution in [-0.2, 0) is 11.2 Å². The molecule has 6 nitrogen and oxygen atoms in total. The number of rotatable bonds is 5. The van der Waals surface area contributed by atoms with Crippen LogP contribution < -0.4 is 10.2 Å².